The molecule has 0 radical (unpaired) electrons. The number of aromatic nitrogens is 1. The average Bonchev–Trinajstić information content (AvgIpc) is 2.38. The predicted octanol–water partition coefficient (Wildman–Crippen LogP) is 2.07. The summed E-state index contributed by atoms with van der Waals surface area (Å²) in [5.74, 6) is 0.969. The highest BCUT2D eigenvalue weighted by Crippen LogP contribution is 2.19. The first-order valence-corrected chi connectivity index (χ1v) is 5.88. The van der Waals surface area contributed by atoms with Crippen LogP contribution in [0, 0.1) is 24.2 Å². The first-order chi connectivity index (χ1) is 8.29. The number of rotatable bonds is 3. The molecule has 0 bridgehead atoms. The summed E-state index contributed by atoms with van der Waals surface area (Å²) in [6.07, 6.45) is 2.04. The molecule has 2 rings (SSSR count). The molecule has 0 atom stereocenters. The van der Waals surface area contributed by atoms with Crippen molar-refractivity contribution in [2.75, 3.05) is 19.8 Å². The van der Waals surface area contributed by atoms with E-state index in [0.717, 1.165) is 31.7 Å². The van der Waals surface area contributed by atoms with E-state index in [0.29, 0.717) is 24.0 Å². The Labute approximate surface area is 101 Å². The van der Waals surface area contributed by atoms with Gasteiger partial charge in [-0.3, -0.25) is 0 Å². The number of pyridine rings is 1. The van der Waals surface area contributed by atoms with Crippen LogP contribution in [0.4, 0.5) is 0 Å². The second-order valence-corrected chi connectivity index (χ2v) is 4.28. The van der Waals surface area contributed by atoms with Crippen molar-refractivity contribution in [3.8, 4) is 11.9 Å². The summed E-state index contributed by atoms with van der Waals surface area (Å²) in [7, 11) is 0. The summed E-state index contributed by atoms with van der Waals surface area (Å²) < 4.78 is 11.0. The lowest BCUT2D eigenvalue weighted by Gasteiger charge is -2.22. The minimum absolute atomic E-state index is 0.457. The monoisotopic (exact) mass is 232 g/mol. The summed E-state index contributed by atoms with van der Waals surface area (Å²) in [6, 6.07) is 5.67. The van der Waals surface area contributed by atoms with E-state index >= 15 is 0 Å². The predicted molar refractivity (Wildman–Crippen MR) is 62.7 cm³/mol. The third-order valence-corrected chi connectivity index (χ3v) is 2.92. The van der Waals surface area contributed by atoms with Crippen molar-refractivity contribution in [1.82, 2.24) is 4.98 Å². The third kappa shape index (κ3) is 3.18. The van der Waals surface area contributed by atoms with Crippen molar-refractivity contribution >= 4 is 0 Å². The summed E-state index contributed by atoms with van der Waals surface area (Å²) in [4.78, 5) is 4.25. The van der Waals surface area contributed by atoms with Gasteiger partial charge in [0.1, 0.15) is 11.6 Å². The zero-order valence-electron chi connectivity index (χ0n) is 9.98. The molecule has 1 aliphatic heterocycles. The molecule has 90 valence electrons. The summed E-state index contributed by atoms with van der Waals surface area (Å²) in [5, 5.41) is 8.96. The Bertz CT molecular complexity index is 420. The number of hydrogen-bond acceptors (Lipinski definition) is 4. The molecule has 1 aromatic rings. The fourth-order valence-electron chi connectivity index (χ4n) is 1.84. The number of nitriles is 1. The Morgan fingerprint density at radius 1 is 1.47 bits per heavy atom. The van der Waals surface area contributed by atoms with Crippen LogP contribution in [0.1, 0.15) is 24.1 Å². The number of ether oxygens (including phenoxy) is 2. The summed E-state index contributed by atoms with van der Waals surface area (Å²) >= 11 is 0. The molecule has 0 saturated carbocycles. The molecule has 4 heteroatoms. The maximum atomic E-state index is 8.96. The van der Waals surface area contributed by atoms with Crippen molar-refractivity contribution in [3.05, 3.63) is 23.4 Å². The van der Waals surface area contributed by atoms with E-state index in [2.05, 4.69) is 11.1 Å². The van der Waals surface area contributed by atoms with Crippen molar-refractivity contribution in [2.45, 2.75) is 19.8 Å². The normalized spacial score (nSPS) is 16.5. The summed E-state index contributed by atoms with van der Waals surface area (Å²) in [5.41, 5.74) is 1.37. The minimum Gasteiger partial charge on any atom is -0.476 e. The minimum atomic E-state index is 0.457. The average molecular weight is 232 g/mol. The molecule has 0 aliphatic carbocycles. The van der Waals surface area contributed by atoms with Crippen molar-refractivity contribution in [3.63, 3.8) is 0 Å². The van der Waals surface area contributed by atoms with Gasteiger partial charge in [-0.2, -0.15) is 5.26 Å². The molecule has 0 unspecified atom stereocenters. The van der Waals surface area contributed by atoms with Gasteiger partial charge >= 0.3 is 0 Å². The number of aryl methyl sites for hydroxylation is 1. The lowest BCUT2D eigenvalue weighted by molar-refractivity contribution is 0.0490. The van der Waals surface area contributed by atoms with Crippen LogP contribution in [0.3, 0.4) is 0 Å². The van der Waals surface area contributed by atoms with Crippen LogP contribution in [-0.4, -0.2) is 24.8 Å². The van der Waals surface area contributed by atoms with Gasteiger partial charge in [0, 0.05) is 18.9 Å². The first kappa shape index (κ1) is 11.9. The zero-order chi connectivity index (χ0) is 12.1. The van der Waals surface area contributed by atoms with E-state index < -0.39 is 0 Å². The maximum Gasteiger partial charge on any atom is 0.231 e. The van der Waals surface area contributed by atoms with Crippen LogP contribution in [-0.2, 0) is 4.74 Å². The zero-order valence-corrected chi connectivity index (χ0v) is 9.98. The highest BCUT2D eigenvalue weighted by molar-refractivity contribution is 5.38. The quantitative estimate of drug-likeness (QED) is 0.800. The van der Waals surface area contributed by atoms with Crippen molar-refractivity contribution in [1.29, 1.82) is 5.26 Å². The Balaban J connectivity index is 1.98. The van der Waals surface area contributed by atoms with E-state index in [1.165, 1.54) is 0 Å². The molecule has 0 spiro atoms. The van der Waals surface area contributed by atoms with E-state index in [9.17, 15) is 0 Å². The second kappa shape index (κ2) is 5.65. The van der Waals surface area contributed by atoms with E-state index in [4.69, 9.17) is 14.7 Å². The lowest BCUT2D eigenvalue weighted by atomic mass is 10.0. The van der Waals surface area contributed by atoms with Gasteiger partial charge in [-0.25, -0.2) is 4.98 Å². The van der Waals surface area contributed by atoms with Gasteiger partial charge in [-0.1, -0.05) is 0 Å². The fraction of sp³-hybridized carbons (Fsp3) is 0.538. The van der Waals surface area contributed by atoms with Crippen LogP contribution < -0.4 is 4.74 Å². The molecule has 1 fully saturated rings. The van der Waals surface area contributed by atoms with E-state index in [1.54, 1.807) is 6.07 Å². The van der Waals surface area contributed by atoms with Gasteiger partial charge < -0.3 is 9.47 Å². The van der Waals surface area contributed by atoms with Gasteiger partial charge in [0.05, 0.1) is 6.61 Å². The highest BCUT2D eigenvalue weighted by atomic mass is 16.5. The number of hydrogen-bond donors (Lipinski definition) is 0. The first-order valence-electron chi connectivity index (χ1n) is 5.88. The van der Waals surface area contributed by atoms with Crippen LogP contribution in [0.2, 0.25) is 0 Å². The van der Waals surface area contributed by atoms with Gasteiger partial charge in [0.25, 0.3) is 0 Å². The lowest BCUT2D eigenvalue weighted by Crippen LogP contribution is -2.22. The Kier molecular flexibility index (Phi) is 3.94. The molecule has 1 saturated heterocycles. The van der Waals surface area contributed by atoms with Crippen LogP contribution in [0.25, 0.3) is 0 Å². The molecule has 1 aliphatic rings. The Morgan fingerprint density at radius 3 is 2.94 bits per heavy atom. The third-order valence-electron chi connectivity index (χ3n) is 2.92. The van der Waals surface area contributed by atoms with Gasteiger partial charge in [0.15, 0.2) is 0 Å². The topological polar surface area (TPSA) is 55.1 Å². The number of nitrogens with zero attached hydrogens (tertiary/aromatic N) is 2. The fourth-order valence-corrected chi connectivity index (χ4v) is 1.84. The highest BCUT2D eigenvalue weighted by Gasteiger charge is 2.15. The van der Waals surface area contributed by atoms with E-state index in [-0.39, 0.29) is 0 Å². The standard InChI is InChI=1S/C13H16N2O2/c1-10-2-3-12(8-14)13(15-10)17-9-11-4-6-16-7-5-11/h2-3,11H,4-7,9H2,1H3. The molecule has 0 amide bonds. The van der Waals surface area contributed by atoms with Crippen LogP contribution in [0.5, 0.6) is 5.88 Å². The van der Waals surface area contributed by atoms with Crippen LogP contribution in [0.15, 0.2) is 12.1 Å². The molecule has 2 heterocycles. The van der Waals surface area contributed by atoms with Gasteiger partial charge in [-0.05, 0) is 37.8 Å². The van der Waals surface area contributed by atoms with Gasteiger partial charge in [0.2, 0.25) is 5.88 Å². The molecular weight excluding hydrogens is 216 g/mol. The van der Waals surface area contributed by atoms with Crippen molar-refractivity contribution in [2.24, 2.45) is 5.92 Å². The molecular formula is C13H16N2O2. The molecule has 17 heavy (non-hydrogen) atoms. The smallest absolute Gasteiger partial charge is 0.231 e. The molecule has 1 aromatic heterocycles. The Hall–Kier alpha value is -1.60. The molecule has 0 N–H and O–H groups in total. The maximum absolute atomic E-state index is 8.96. The summed E-state index contributed by atoms with van der Waals surface area (Å²) in [6.45, 7) is 4.12. The van der Waals surface area contributed by atoms with Gasteiger partial charge in [-0.15, -0.1) is 0 Å². The van der Waals surface area contributed by atoms with Crippen LogP contribution >= 0.6 is 0 Å². The van der Waals surface area contributed by atoms with E-state index in [1.807, 2.05) is 13.0 Å². The second-order valence-electron chi connectivity index (χ2n) is 4.28. The Morgan fingerprint density at radius 2 is 2.24 bits per heavy atom. The van der Waals surface area contributed by atoms with Crippen molar-refractivity contribution < 1.29 is 9.47 Å². The molecule has 4 nitrogen and oxygen atoms in total. The SMILES string of the molecule is Cc1ccc(C#N)c(OCC2CCOCC2)n1. The molecule has 0 aromatic carbocycles. The largest absolute Gasteiger partial charge is 0.476 e.